The Labute approximate surface area is 159 Å². The van der Waals surface area contributed by atoms with Gasteiger partial charge in [0.1, 0.15) is 17.8 Å². The fraction of sp³-hybridized carbons (Fsp3) is 0.0500. The van der Waals surface area contributed by atoms with Gasteiger partial charge in [0.2, 0.25) is 0 Å². The van der Waals surface area contributed by atoms with E-state index in [0.717, 1.165) is 22.2 Å². The normalized spacial score (nSPS) is 10.9. The highest BCUT2D eigenvalue weighted by Crippen LogP contribution is 2.27. The number of carboxylic acid groups (broad SMARTS) is 1. The number of H-pyrrole nitrogens is 1. The smallest absolute Gasteiger partial charge is 0.335 e. The molecular weight excluding hydrogens is 364 g/mol. The number of aromatic carboxylic acids is 1. The molecule has 3 N–H and O–H groups in total. The number of carboxylic acids is 1. The maximum Gasteiger partial charge on any atom is 0.335 e. The molecule has 0 saturated heterocycles. The first-order chi connectivity index (χ1) is 13.1. The van der Waals surface area contributed by atoms with Gasteiger partial charge in [0, 0.05) is 17.3 Å². The van der Waals surface area contributed by atoms with E-state index in [0.29, 0.717) is 23.0 Å². The molecule has 0 radical (unpaired) electrons. The molecule has 4 rings (SSSR count). The van der Waals surface area contributed by atoms with Crippen LogP contribution in [0.25, 0.3) is 22.3 Å². The molecule has 27 heavy (non-hydrogen) atoms. The first-order valence-electron chi connectivity index (χ1n) is 8.26. The Morgan fingerprint density at radius 1 is 1.11 bits per heavy atom. The molecule has 2 heterocycles. The lowest BCUT2D eigenvalue weighted by molar-refractivity contribution is 0.0697. The molecule has 2 aromatic carbocycles. The van der Waals surface area contributed by atoms with E-state index in [-0.39, 0.29) is 5.56 Å². The summed E-state index contributed by atoms with van der Waals surface area (Å²) in [7, 11) is 0. The number of benzene rings is 2. The average Bonchev–Trinajstić information content (AvgIpc) is 3.11. The van der Waals surface area contributed by atoms with Crippen molar-refractivity contribution in [2.45, 2.75) is 6.54 Å². The van der Waals surface area contributed by atoms with Gasteiger partial charge in [-0.1, -0.05) is 35.9 Å². The molecule has 0 saturated carbocycles. The largest absolute Gasteiger partial charge is 0.478 e. The summed E-state index contributed by atoms with van der Waals surface area (Å²) >= 11 is 6.03. The molecule has 134 valence electrons. The number of aromatic amines is 1. The number of carbonyl (C=O) groups is 1. The summed E-state index contributed by atoms with van der Waals surface area (Å²) in [5, 5.41) is 13.9. The molecule has 0 fully saturated rings. The highest BCUT2D eigenvalue weighted by Gasteiger charge is 2.10. The van der Waals surface area contributed by atoms with E-state index < -0.39 is 5.97 Å². The second-order valence-electron chi connectivity index (χ2n) is 6.03. The molecule has 0 aliphatic heterocycles. The number of anilines is 1. The summed E-state index contributed by atoms with van der Waals surface area (Å²) < 4.78 is 0. The van der Waals surface area contributed by atoms with Gasteiger partial charge in [-0.05, 0) is 41.5 Å². The summed E-state index contributed by atoms with van der Waals surface area (Å²) in [6.45, 7) is 0.584. The molecule has 6 nitrogen and oxygen atoms in total. The van der Waals surface area contributed by atoms with Gasteiger partial charge in [-0.2, -0.15) is 0 Å². The zero-order valence-electron chi connectivity index (χ0n) is 14.1. The van der Waals surface area contributed by atoms with Crippen LogP contribution >= 0.6 is 11.6 Å². The number of fused-ring (bicyclic) bond motifs is 1. The van der Waals surface area contributed by atoms with E-state index in [9.17, 15) is 4.79 Å². The second kappa shape index (κ2) is 7.09. The van der Waals surface area contributed by atoms with Gasteiger partial charge in [-0.15, -0.1) is 0 Å². The molecule has 0 amide bonds. The maximum absolute atomic E-state index is 11.0. The van der Waals surface area contributed by atoms with Crippen LogP contribution in [0.2, 0.25) is 5.02 Å². The van der Waals surface area contributed by atoms with Crippen molar-refractivity contribution in [2.24, 2.45) is 0 Å². The van der Waals surface area contributed by atoms with Crippen molar-refractivity contribution in [3.63, 3.8) is 0 Å². The molecule has 0 aliphatic rings. The van der Waals surface area contributed by atoms with Crippen molar-refractivity contribution in [3.05, 3.63) is 77.1 Å². The number of nitrogens with one attached hydrogen (secondary N) is 2. The Kier molecular flexibility index (Phi) is 4.48. The van der Waals surface area contributed by atoms with Crippen LogP contribution < -0.4 is 5.32 Å². The number of aromatic nitrogens is 3. The fourth-order valence-corrected chi connectivity index (χ4v) is 3.07. The summed E-state index contributed by atoms with van der Waals surface area (Å²) in [5.74, 6) is -0.235. The topological polar surface area (TPSA) is 90.9 Å². The van der Waals surface area contributed by atoms with Crippen molar-refractivity contribution in [2.75, 3.05) is 5.32 Å². The molecular formula is C20H15ClN4O2. The van der Waals surface area contributed by atoms with E-state index in [4.69, 9.17) is 16.7 Å². The van der Waals surface area contributed by atoms with E-state index in [1.807, 2.05) is 30.3 Å². The van der Waals surface area contributed by atoms with Crippen LogP contribution in [-0.4, -0.2) is 26.0 Å². The van der Waals surface area contributed by atoms with Crippen LogP contribution in [0, 0.1) is 0 Å². The standard InChI is InChI=1S/C20H15ClN4O2/c21-15-3-1-2-12(8-15)10-22-18-16-9-17(25-19(16)24-11-23-18)13-4-6-14(7-5-13)20(26)27/h1-9,11H,10H2,(H,26,27)(H2,22,23,24,25). The van der Waals surface area contributed by atoms with Gasteiger partial charge < -0.3 is 15.4 Å². The lowest BCUT2D eigenvalue weighted by Gasteiger charge is -2.06. The first kappa shape index (κ1) is 17.1. The molecule has 0 spiro atoms. The lowest BCUT2D eigenvalue weighted by Crippen LogP contribution is -2.01. The summed E-state index contributed by atoms with van der Waals surface area (Å²) in [6.07, 6.45) is 1.50. The lowest BCUT2D eigenvalue weighted by atomic mass is 10.1. The van der Waals surface area contributed by atoms with E-state index in [2.05, 4.69) is 20.3 Å². The Bertz CT molecular complexity index is 1120. The van der Waals surface area contributed by atoms with Crippen molar-refractivity contribution < 1.29 is 9.90 Å². The van der Waals surface area contributed by atoms with Crippen LogP contribution in [0.5, 0.6) is 0 Å². The van der Waals surface area contributed by atoms with Crippen molar-refractivity contribution in [3.8, 4) is 11.3 Å². The molecule has 2 aromatic heterocycles. The molecule has 0 bridgehead atoms. The quantitative estimate of drug-likeness (QED) is 0.472. The van der Waals surface area contributed by atoms with Gasteiger partial charge >= 0.3 is 5.97 Å². The third kappa shape index (κ3) is 3.61. The number of hydrogen-bond acceptors (Lipinski definition) is 4. The van der Waals surface area contributed by atoms with E-state index in [1.54, 1.807) is 24.3 Å². The maximum atomic E-state index is 11.0. The Hall–Kier alpha value is -3.38. The SMILES string of the molecule is O=C(O)c1ccc(-c2cc3c(NCc4cccc(Cl)c4)ncnc3[nH]2)cc1. The number of rotatable bonds is 5. The van der Waals surface area contributed by atoms with Gasteiger partial charge in [0.25, 0.3) is 0 Å². The van der Waals surface area contributed by atoms with Crippen LogP contribution in [0.3, 0.4) is 0 Å². The highest BCUT2D eigenvalue weighted by molar-refractivity contribution is 6.30. The number of nitrogens with zero attached hydrogens (tertiary/aromatic N) is 2. The third-order valence-electron chi connectivity index (χ3n) is 4.22. The minimum absolute atomic E-state index is 0.249. The Morgan fingerprint density at radius 3 is 2.67 bits per heavy atom. The summed E-state index contributed by atoms with van der Waals surface area (Å²) in [5.41, 5.74) is 3.72. The Morgan fingerprint density at radius 2 is 1.93 bits per heavy atom. The average molecular weight is 379 g/mol. The van der Waals surface area contributed by atoms with Crippen molar-refractivity contribution in [1.29, 1.82) is 0 Å². The van der Waals surface area contributed by atoms with Crippen LogP contribution in [0.1, 0.15) is 15.9 Å². The van der Waals surface area contributed by atoms with E-state index in [1.165, 1.54) is 6.33 Å². The second-order valence-corrected chi connectivity index (χ2v) is 6.47. The van der Waals surface area contributed by atoms with E-state index >= 15 is 0 Å². The molecule has 4 aromatic rings. The van der Waals surface area contributed by atoms with Crippen LogP contribution in [0.15, 0.2) is 60.9 Å². The van der Waals surface area contributed by atoms with Crippen molar-refractivity contribution >= 4 is 34.4 Å². The summed E-state index contributed by atoms with van der Waals surface area (Å²) in [6, 6.07) is 16.3. The van der Waals surface area contributed by atoms with Gasteiger partial charge in [-0.3, -0.25) is 0 Å². The summed E-state index contributed by atoms with van der Waals surface area (Å²) in [4.78, 5) is 22.9. The monoisotopic (exact) mass is 378 g/mol. The molecule has 7 heteroatoms. The van der Waals surface area contributed by atoms with Gasteiger partial charge in [0.05, 0.1) is 10.9 Å². The zero-order valence-corrected chi connectivity index (χ0v) is 14.9. The molecule has 0 atom stereocenters. The predicted octanol–water partition coefficient (Wildman–Crippen LogP) is 4.59. The predicted molar refractivity (Wildman–Crippen MR) is 105 cm³/mol. The van der Waals surface area contributed by atoms with Gasteiger partial charge in [0.15, 0.2) is 0 Å². The zero-order chi connectivity index (χ0) is 18.8. The van der Waals surface area contributed by atoms with Crippen molar-refractivity contribution in [1.82, 2.24) is 15.0 Å². The van der Waals surface area contributed by atoms with Crippen LogP contribution in [-0.2, 0) is 6.54 Å². The first-order valence-corrected chi connectivity index (χ1v) is 8.64. The molecule has 0 unspecified atom stereocenters. The number of halogens is 1. The van der Waals surface area contributed by atoms with Gasteiger partial charge in [-0.25, -0.2) is 14.8 Å². The highest BCUT2D eigenvalue weighted by atomic mass is 35.5. The molecule has 0 aliphatic carbocycles. The minimum Gasteiger partial charge on any atom is -0.478 e. The van der Waals surface area contributed by atoms with Crippen LogP contribution in [0.4, 0.5) is 5.82 Å². The Balaban J connectivity index is 1.62. The number of hydrogen-bond donors (Lipinski definition) is 3. The third-order valence-corrected chi connectivity index (χ3v) is 4.45. The minimum atomic E-state index is -0.948. The fourth-order valence-electron chi connectivity index (χ4n) is 2.86.